The number of Topliss-reactive ketones (excluding diaryl/α,β-unsaturated/α-hetero) is 1. The third-order valence-corrected chi connectivity index (χ3v) is 4.38. The standard InChI is InChI=1S/C21H24F3NO3/c1-12(2)19(26)16-7-8-17(18(20(16)27)21(22,23)24)28-11-14-5-6-15(10-25-4)13(3)9-14/h5-9,12,25,27H,10-11H2,1-4H3. The number of hydrogen-bond acceptors (Lipinski definition) is 4. The Balaban J connectivity index is 2.34. The van der Waals surface area contributed by atoms with Gasteiger partial charge in [-0.05, 0) is 42.8 Å². The van der Waals surface area contributed by atoms with Crippen LogP contribution < -0.4 is 10.1 Å². The Morgan fingerprint density at radius 3 is 2.43 bits per heavy atom. The van der Waals surface area contributed by atoms with Crippen LogP contribution in [0.25, 0.3) is 0 Å². The molecular formula is C21H24F3NO3. The summed E-state index contributed by atoms with van der Waals surface area (Å²) in [6.45, 7) is 5.61. The smallest absolute Gasteiger partial charge is 0.423 e. The number of ketones is 1. The number of aromatic hydroxyl groups is 1. The minimum Gasteiger partial charge on any atom is -0.506 e. The summed E-state index contributed by atoms with van der Waals surface area (Å²) in [4.78, 5) is 12.1. The second kappa shape index (κ2) is 8.65. The molecule has 0 aliphatic carbocycles. The van der Waals surface area contributed by atoms with Crippen LogP contribution in [-0.4, -0.2) is 17.9 Å². The largest absolute Gasteiger partial charge is 0.506 e. The van der Waals surface area contributed by atoms with Gasteiger partial charge in [-0.15, -0.1) is 0 Å². The van der Waals surface area contributed by atoms with E-state index in [1.54, 1.807) is 19.9 Å². The minimum atomic E-state index is -4.86. The van der Waals surface area contributed by atoms with E-state index in [2.05, 4.69) is 5.32 Å². The van der Waals surface area contributed by atoms with E-state index in [9.17, 15) is 23.1 Å². The van der Waals surface area contributed by atoms with Crippen molar-refractivity contribution >= 4 is 5.78 Å². The summed E-state index contributed by atoms with van der Waals surface area (Å²) >= 11 is 0. The normalized spacial score (nSPS) is 11.7. The van der Waals surface area contributed by atoms with Crippen LogP contribution in [0.3, 0.4) is 0 Å². The highest BCUT2D eigenvalue weighted by Gasteiger charge is 2.39. The highest BCUT2D eigenvalue weighted by molar-refractivity contribution is 6.00. The zero-order valence-electron chi connectivity index (χ0n) is 16.3. The maximum Gasteiger partial charge on any atom is 0.423 e. The van der Waals surface area contributed by atoms with E-state index in [-0.39, 0.29) is 12.2 Å². The second-order valence-corrected chi connectivity index (χ2v) is 6.93. The van der Waals surface area contributed by atoms with Crippen LogP contribution in [0, 0.1) is 12.8 Å². The summed E-state index contributed by atoms with van der Waals surface area (Å²) in [5, 5.41) is 13.2. The number of rotatable bonds is 7. The molecule has 0 bridgehead atoms. The highest BCUT2D eigenvalue weighted by atomic mass is 19.4. The maximum absolute atomic E-state index is 13.5. The summed E-state index contributed by atoms with van der Waals surface area (Å²) in [5.74, 6) is -2.71. The molecule has 0 radical (unpaired) electrons. The van der Waals surface area contributed by atoms with Gasteiger partial charge >= 0.3 is 6.18 Å². The van der Waals surface area contributed by atoms with Crippen LogP contribution in [0.1, 0.15) is 46.5 Å². The first kappa shape index (κ1) is 21.8. The zero-order valence-corrected chi connectivity index (χ0v) is 16.3. The summed E-state index contributed by atoms with van der Waals surface area (Å²) in [6, 6.07) is 7.76. The third-order valence-electron chi connectivity index (χ3n) is 4.38. The average molecular weight is 395 g/mol. The number of alkyl halides is 3. The fraction of sp³-hybridized carbons (Fsp3) is 0.381. The van der Waals surface area contributed by atoms with Gasteiger partial charge in [0.05, 0.1) is 5.56 Å². The lowest BCUT2D eigenvalue weighted by molar-refractivity contribution is -0.140. The Labute approximate surface area is 162 Å². The molecule has 152 valence electrons. The van der Waals surface area contributed by atoms with Gasteiger partial charge in [-0.2, -0.15) is 13.2 Å². The van der Waals surface area contributed by atoms with Crippen molar-refractivity contribution in [1.29, 1.82) is 0 Å². The van der Waals surface area contributed by atoms with E-state index in [1.165, 1.54) is 6.07 Å². The van der Waals surface area contributed by atoms with Crippen LogP contribution >= 0.6 is 0 Å². The molecule has 2 aromatic rings. The van der Waals surface area contributed by atoms with E-state index in [0.29, 0.717) is 12.1 Å². The molecule has 2 N–H and O–H groups in total. The lowest BCUT2D eigenvalue weighted by Gasteiger charge is -2.18. The Hall–Kier alpha value is -2.54. The van der Waals surface area contributed by atoms with Crippen molar-refractivity contribution in [1.82, 2.24) is 5.32 Å². The molecule has 0 saturated heterocycles. The first-order chi connectivity index (χ1) is 13.1. The molecule has 28 heavy (non-hydrogen) atoms. The average Bonchev–Trinajstić information content (AvgIpc) is 2.60. The Morgan fingerprint density at radius 2 is 1.89 bits per heavy atom. The van der Waals surface area contributed by atoms with Crippen molar-refractivity contribution in [3.05, 3.63) is 58.1 Å². The van der Waals surface area contributed by atoms with Crippen molar-refractivity contribution in [2.24, 2.45) is 5.92 Å². The van der Waals surface area contributed by atoms with E-state index in [1.807, 2.05) is 26.1 Å². The Kier molecular flexibility index (Phi) is 6.72. The molecule has 2 rings (SSSR count). The molecule has 0 spiro atoms. The van der Waals surface area contributed by atoms with Gasteiger partial charge < -0.3 is 15.2 Å². The van der Waals surface area contributed by atoms with Gasteiger partial charge in [-0.1, -0.05) is 32.0 Å². The second-order valence-electron chi connectivity index (χ2n) is 6.93. The number of ether oxygens (including phenoxy) is 1. The number of halogens is 3. The molecule has 0 aromatic heterocycles. The number of aryl methyl sites for hydroxylation is 1. The number of hydrogen-bond donors (Lipinski definition) is 2. The Morgan fingerprint density at radius 1 is 1.21 bits per heavy atom. The first-order valence-electron chi connectivity index (χ1n) is 8.89. The predicted molar refractivity (Wildman–Crippen MR) is 101 cm³/mol. The first-order valence-corrected chi connectivity index (χ1v) is 8.89. The van der Waals surface area contributed by atoms with Crippen molar-refractivity contribution in [3.63, 3.8) is 0 Å². The molecule has 2 aromatic carbocycles. The summed E-state index contributed by atoms with van der Waals surface area (Å²) < 4.78 is 45.9. The fourth-order valence-corrected chi connectivity index (χ4v) is 2.87. The van der Waals surface area contributed by atoms with E-state index < -0.39 is 34.9 Å². The quantitative estimate of drug-likeness (QED) is 0.658. The monoisotopic (exact) mass is 395 g/mol. The number of phenolic OH excluding ortho intramolecular Hbond substituents is 1. The number of nitrogens with one attached hydrogen (secondary N) is 1. The number of carbonyl (C=O) groups excluding carboxylic acids is 1. The van der Waals surface area contributed by atoms with Gasteiger partial charge in [-0.25, -0.2) is 0 Å². The molecular weight excluding hydrogens is 371 g/mol. The highest BCUT2D eigenvalue weighted by Crippen LogP contribution is 2.44. The zero-order chi connectivity index (χ0) is 21.1. The molecule has 0 unspecified atom stereocenters. The molecule has 0 heterocycles. The van der Waals surface area contributed by atoms with Gasteiger partial charge in [0.15, 0.2) is 5.78 Å². The Bertz CT molecular complexity index is 861. The van der Waals surface area contributed by atoms with Crippen LogP contribution in [0.15, 0.2) is 30.3 Å². The van der Waals surface area contributed by atoms with Crippen molar-refractivity contribution < 1.29 is 27.8 Å². The molecule has 0 saturated carbocycles. The maximum atomic E-state index is 13.5. The van der Waals surface area contributed by atoms with Crippen LogP contribution in [0.4, 0.5) is 13.2 Å². The summed E-state index contributed by atoms with van der Waals surface area (Å²) in [6.07, 6.45) is -4.86. The molecule has 0 aliphatic heterocycles. The van der Waals surface area contributed by atoms with Crippen molar-refractivity contribution in [2.45, 2.75) is 40.1 Å². The summed E-state index contributed by atoms with van der Waals surface area (Å²) in [7, 11) is 1.83. The molecule has 0 amide bonds. The van der Waals surface area contributed by atoms with E-state index >= 15 is 0 Å². The minimum absolute atomic E-state index is 0.0966. The van der Waals surface area contributed by atoms with E-state index in [0.717, 1.165) is 17.2 Å². The topological polar surface area (TPSA) is 58.6 Å². The molecule has 0 atom stereocenters. The van der Waals surface area contributed by atoms with Gasteiger partial charge in [-0.3, -0.25) is 4.79 Å². The number of benzene rings is 2. The van der Waals surface area contributed by atoms with Gasteiger partial charge in [0, 0.05) is 12.5 Å². The number of carbonyl (C=O) groups is 1. The molecule has 4 nitrogen and oxygen atoms in total. The fourth-order valence-electron chi connectivity index (χ4n) is 2.87. The van der Waals surface area contributed by atoms with Crippen LogP contribution in [0.2, 0.25) is 0 Å². The third kappa shape index (κ3) is 4.84. The summed E-state index contributed by atoms with van der Waals surface area (Å²) in [5.41, 5.74) is 1.08. The van der Waals surface area contributed by atoms with Gasteiger partial charge in [0.2, 0.25) is 0 Å². The van der Waals surface area contributed by atoms with Crippen LogP contribution in [0.5, 0.6) is 11.5 Å². The predicted octanol–water partition coefficient (Wildman–Crippen LogP) is 4.86. The lowest BCUT2D eigenvalue weighted by Crippen LogP contribution is -2.14. The number of phenols is 1. The van der Waals surface area contributed by atoms with Gasteiger partial charge in [0.1, 0.15) is 23.7 Å². The molecule has 0 fully saturated rings. The van der Waals surface area contributed by atoms with Gasteiger partial charge in [0.25, 0.3) is 0 Å². The molecule has 0 aliphatic rings. The van der Waals surface area contributed by atoms with Crippen molar-refractivity contribution in [3.8, 4) is 11.5 Å². The van der Waals surface area contributed by atoms with E-state index in [4.69, 9.17) is 4.74 Å². The molecule has 7 heteroatoms. The van der Waals surface area contributed by atoms with Crippen LogP contribution in [-0.2, 0) is 19.3 Å². The SMILES string of the molecule is CNCc1ccc(COc2ccc(C(=O)C(C)C)c(O)c2C(F)(F)F)cc1C. The van der Waals surface area contributed by atoms with Crippen molar-refractivity contribution in [2.75, 3.05) is 7.05 Å². The lowest BCUT2D eigenvalue weighted by atomic mass is 9.97.